The molecule has 3 unspecified atom stereocenters. The molecular formula is C69H57NS. The number of fused-ring (bicyclic) bond motifs is 8. The Bertz CT molecular complexity index is 3710. The molecule has 6 atom stereocenters. The highest BCUT2D eigenvalue weighted by molar-refractivity contribution is 7.26. The van der Waals surface area contributed by atoms with Gasteiger partial charge in [-0.3, -0.25) is 0 Å². The third-order valence-corrected chi connectivity index (χ3v) is 20.0. The summed E-state index contributed by atoms with van der Waals surface area (Å²) in [7, 11) is 0. The lowest BCUT2D eigenvalue weighted by Crippen LogP contribution is -2.46. The molecule has 0 amide bonds. The van der Waals surface area contributed by atoms with Crippen molar-refractivity contribution in [3.8, 4) is 22.3 Å². The average molecular weight is 932 g/mol. The SMILES string of the molecule is CC1C[C@@H]2CC3C[C@H](C1)C21c2cc(N(c4cccc(-c5cccc6c5sc5ccccc56)c4)c4ccc5c(c4)C(C)(C)c4ccccc4-5)ccc2C(c2ccccc2)(c2ccccc2)c2ccccc2[C@H]31. The lowest BCUT2D eigenvalue weighted by Gasteiger charge is -2.51. The summed E-state index contributed by atoms with van der Waals surface area (Å²) in [5.41, 5.74) is 19.8. The van der Waals surface area contributed by atoms with Gasteiger partial charge in [-0.15, -0.1) is 11.3 Å². The van der Waals surface area contributed by atoms with Gasteiger partial charge in [-0.05, 0) is 164 Å². The number of rotatable bonds is 6. The highest BCUT2D eigenvalue weighted by atomic mass is 32.1. The molecule has 15 rings (SSSR count). The van der Waals surface area contributed by atoms with Crippen LogP contribution in [0.2, 0.25) is 0 Å². The number of hydrogen-bond donors (Lipinski definition) is 0. The van der Waals surface area contributed by atoms with E-state index in [1.165, 1.54) is 119 Å². The summed E-state index contributed by atoms with van der Waals surface area (Å²) in [6, 6.07) is 82.4. The molecule has 3 fully saturated rings. The van der Waals surface area contributed by atoms with E-state index >= 15 is 0 Å². The van der Waals surface area contributed by atoms with E-state index in [0.717, 1.165) is 5.92 Å². The van der Waals surface area contributed by atoms with Crippen LogP contribution in [-0.4, -0.2) is 0 Å². The zero-order valence-electron chi connectivity index (χ0n) is 40.8. The van der Waals surface area contributed by atoms with Gasteiger partial charge in [0, 0.05) is 48.1 Å². The van der Waals surface area contributed by atoms with Gasteiger partial charge in [-0.25, -0.2) is 0 Å². The number of thiophene rings is 1. The van der Waals surface area contributed by atoms with Crippen molar-refractivity contribution in [2.45, 2.75) is 68.6 Å². The van der Waals surface area contributed by atoms with Crippen LogP contribution in [0, 0.1) is 23.7 Å². The van der Waals surface area contributed by atoms with Crippen molar-refractivity contribution in [1.29, 1.82) is 0 Å². The van der Waals surface area contributed by atoms with Crippen LogP contribution in [0.4, 0.5) is 17.1 Å². The van der Waals surface area contributed by atoms with Crippen molar-refractivity contribution >= 4 is 48.6 Å². The van der Waals surface area contributed by atoms with Crippen molar-refractivity contribution in [3.05, 3.63) is 257 Å². The van der Waals surface area contributed by atoms with E-state index < -0.39 is 5.41 Å². The van der Waals surface area contributed by atoms with Crippen LogP contribution in [0.15, 0.2) is 212 Å². The van der Waals surface area contributed by atoms with Crippen LogP contribution in [-0.2, 0) is 16.2 Å². The Labute approximate surface area is 422 Å². The molecule has 9 aromatic carbocycles. The fraction of sp³-hybridized carbons (Fsp3) is 0.217. The highest BCUT2D eigenvalue weighted by Crippen LogP contribution is 2.76. The molecule has 71 heavy (non-hydrogen) atoms. The van der Waals surface area contributed by atoms with Gasteiger partial charge < -0.3 is 4.90 Å². The molecule has 5 aliphatic carbocycles. The van der Waals surface area contributed by atoms with E-state index in [-0.39, 0.29) is 10.8 Å². The van der Waals surface area contributed by atoms with Crippen LogP contribution in [0.25, 0.3) is 42.4 Å². The quantitative estimate of drug-likeness (QED) is 0.161. The van der Waals surface area contributed by atoms with E-state index in [0.29, 0.717) is 23.7 Å². The van der Waals surface area contributed by atoms with Crippen LogP contribution >= 0.6 is 11.3 Å². The molecule has 0 aliphatic heterocycles. The second kappa shape index (κ2) is 15.3. The van der Waals surface area contributed by atoms with E-state index in [4.69, 9.17) is 0 Å². The zero-order valence-corrected chi connectivity index (χ0v) is 41.6. The molecule has 5 aliphatic rings. The molecule has 10 aromatic rings. The van der Waals surface area contributed by atoms with Gasteiger partial charge in [-0.1, -0.05) is 191 Å². The fourth-order valence-electron chi connectivity index (χ4n) is 16.3. The zero-order chi connectivity index (χ0) is 47.2. The van der Waals surface area contributed by atoms with Crippen LogP contribution in [0.3, 0.4) is 0 Å². The summed E-state index contributed by atoms with van der Waals surface area (Å²) in [6.07, 6.45) is 5.24. The van der Waals surface area contributed by atoms with Crippen LogP contribution in [0.5, 0.6) is 0 Å². The van der Waals surface area contributed by atoms with Gasteiger partial charge in [0.25, 0.3) is 0 Å². The van der Waals surface area contributed by atoms with E-state index in [1.807, 2.05) is 11.3 Å². The van der Waals surface area contributed by atoms with Crippen LogP contribution < -0.4 is 4.90 Å². The Balaban J connectivity index is 1.02. The second-order valence-corrected chi connectivity index (χ2v) is 23.5. The lowest BCUT2D eigenvalue weighted by atomic mass is 9.53. The Morgan fingerprint density at radius 3 is 1.82 bits per heavy atom. The standard InChI is InChI=1S/C69H57NS/c1-43-36-48-38-45-39-49(37-43)69(48)63-42-52(33-35-61(63)68(46-19-6-4-7-20-46,47-21-8-5-9-22-47)60-30-14-11-26-58(60)65(45)69)70(51-32-34-55-54-24-10-13-29-59(54)67(2,3)62(55)41-51)50-23-16-18-44(40-50)53-27-17-28-57-56-25-12-15-31-64(56)71-66(53)57/h4-35,40-43,45,48-49,65H,36-39H2,1-3H3/t43?,45?,48-,49+,65-,69?/m0/s1. The van der Waals surface area contributed by atoms with Crippen LogP contribution in [0.1, 0.15) is 96.9 Å². The maximum Gasteiger partial charge on any atom is 0.0707 e. The summed E-state index contributed by atoms with van der Waals surface area (Å²) in [6.45, 7) is 7.39. The molecule has 3 saturated carbocycles. The molecule has 1 heterocycles. The van der Waals surface area contributed by atoms with Gasteiger partial charge in [-0.2, -0.15) is 0 Å². The Morgan fingerprint density at radius 1 is 0.451 bits per heavy atom. The maximum absolute atomic E-state index is 2.75. The highest BCUT2D eigenvalue weighted by Gasteiger charge is 2.69. The normalized spacial score (nSPS) is 23.6. The largest absolute Gasteiger partial charge is 0.310 e. The van der Waals surface area contributed by atoms with Crippen molar-refractivity contribution in [3.63, 3.8) is 0 Å². The van der Waals surface area contributed by atoms with Gasteiger partial charge in [0.1, 0.15) is 0 Å². The third kappa shape index (κ3) is 5.63. The molecule has 1 aromatic heterocycles. The first-order valence-corrected chi connectivity index (χ1v) is 27.1. The summed E-state index contributed by atoms with van der Waals surface area (Å²) in [5.74, 6) is 3.12. The van der Waals surface area contributed by atoms with Crippen molar-refractivity contribution in [2.75, 3.05) is 4.90 Å². The first-order chi connectivity index (χ1) is 34.8. The molecule has 344 valence electrons. The van der Waals surface area contributed by atoms with Gasteiger partial charge in [0.15, 0.2) is 0 Å². The first-order valence-electron chi connectivity index (χ1n) is 26.3. The molecule has 0 saturated heterocycles. The Kier molecular flexibility index (Phi) is 8.97. The van der Waals surface area contributed by atoms with E-state index in [9.17, 15) is 0 Å². The number of anilines is 3. The molecule has 1 nitrogen and oxygen atoms in total. The van der Waals surface area contributed by atoms with Crippen molar-refractivity contribution < 1.29 is 0 Å². The Hall–Kier alpha value is -7.00. The number of nitrogens with zero attached hydrogens (tertiary/aromatic N) is 1. The second-order valence-electron chi connectivity index (χ2n) is 22.5. The Morgan fingerprint density at radius 2 is 1.04 bits per heavy atom. The van der Waals surface area contributed by atoms with Crippen molar-refractivity contribution in [1.82, 2.24) is 0 Å². The van der Waals surface area contributed by atoms with E-state index in [1.54, 1.807) is 11.1 Å². The summed E-state index contributed by atoms with van der Waals surface area (Å²) in [5, 5.41) is 2.67. The van der Waals surface area contributed by atoms with E-state index in [2.05, 4.69) is 238 Å². The maximum atomic E-state index is 2.75. The molecule has 2 heteroatoms. The smallest absolute Gasteiger partial charge is 0.0707 e. The number of benzene rings is 9. The van der Waals surface area contributed by atoms with Gasteiger partial charge in [0.2, 0.25) is 0 Å². The average Bonchev–Trinajstić information content (AvgIpc) is 4.13. The minimum absolute atomic E-state index is 0.0237. The third-order valence-electron chi connectivity index (χ3n) is 18.8. The monoisotopic (exact) mass is 931 g/mol. The molecule has 0 N–H and O–H groups in total. The van der Waals surface area contributed by atoms with Crippen molar-refractivity contribution in [2.24, 2.45) is 23.7 Å². The summed E-state index contributed by atoms with van der Waals surface area (Å²) < 4.78 is 2.68. The van der Waals surface area contributed by atoms with Gasteiger partial charge >= 0.3 is 0 Å². The lowest BCUT2D eigenvalue weighted by molar-refractivity contribution is 0.0823. The summed E-state index contributed by atoms with van der Waals surface area (Å²) in [4.78, 5) is 2.63. The minimum Gasteiger partial charge on any atom is -0.310 e. The predicted octanol–water partition coefficient (Wildman–Crippen LogP) is 18.3. The molecule has 1 spiro atoms. The fourth-order valence-corrected chi connectivity index (χ4v) is 17.6. The van der Waals surface area contributed by atoms with Gasteiger partial charge in [0.05, 0.1) is 5.41 Å². The molecule has 0 radical (unpaired) electrons. The molecule has 2 bridgehead atoms. The topological polar surface area (TPSA) is 3.24 Å². The minimum atomic E-state index is -0.511. The number of hydrogen-bond acceptors (Lipinski definition) is 2. The first kappa shape index (κ1) is 41.8. The molecular weight excluding hydrogens is 875 g/mol. The summed E-state index contributed by atoms with van der Waals surface area (Å²) >= 11 is 1.91. The predicted molar refractivity (Wildman–Crippen MR) is 298 cm³/mol.